The van der Waals surface area contributed by atoms with E-state index in [0.29, 0.717) is 12.1 Å². The lowest BCUT2D eigenvalue weighted by molar-refractivity contribution is 0.214. The molecule has 0 aromatic rings. The van der Waals surface area contributed by atoms with Crippen LogP contribution in [0.15, 0.2) is 23.5 Å². The number of dihydropyridines is 1. The summed E-state index contributed by atoms with van der Waals surface area (Å²) in [4.78, 5) is 4.52. The Morgan fingerprint density at radius 1 is 1.22 bits per heavy atom. The first-order valence-electron chi connectivity index (χ1n) is 6.80. The molecule has 0 amide bonds. The first kappa shape index (κ1) is 13.4. The van der Waals surface area contributed by atoms with Crippen molar-refractivity contribution in [3.8, 4) is 0 Å². The lowest BCUT2D eigenvalue weighted by atomic mass is 9.95. The summed E-state index contributed by atoms with van der Waals surface area (Å²) in [6.45, 7) is 2.04. The molecule has 1 saturated heterocycles. The van der Waals surface area contributed by atoms with E-state index in [1.807, 2.05) is 0 Å². The van der Waals surface area contributed by atoms with Crippen molar-refractivity contribution in [2.45, 2.75) is 24.9 Å². The van der Waals surface area contributed by atoms with E-state index in [2.05, 4.69) is 60.8 Å². The van der Waals surface area contributed by atoms with E-state index in [1.54, 1.807) is 0 Å². The van der Waals surface area contributed by atoms with E-state index >= 15 is 0 Å². The van der Waals surface area contributed by atoms with E-state index in [-0.39, 0.29) is 0 Å². The standard InChI is InChI=1S/C14H26N4/c1-17(2)11-5-7-15-13(9-11)14-10-12(18(3)4)6-8-16-14/h5,9,12,14-16H,6-8,10H2,1-4H3. The predicted molar refractivity (Wildman–Crippen MR) is 76.4 cm³/mol. The average Bonchev–Trinajstić information content (AvgIpc) is 2.39. The second-order valence-corrected chi connectivity index (χ2v) is 5.65. The summed E-state index contributed by atoms with van der Waals surface area (Å²) >= 11 is 0. The molecule has 2 atom stereocenters. The quantitative estimate of drug-likeness (QED) is 0.768. The minimum atomic E-state index is 0.467. The zero-order chi connectivity index (χ0) is 13.1. The van der Waals surface area contributed by atoms with Crippen molar-refractivity contribution in [3.05, 3.63) is 23.5 Å². The van der Waals surface area contributed by atoms with Crippen molar-refractivity contribution < 1.29 is 0 Å². The van der Waals surface area contributed by atoms with Gasteiger partial charge in [-0.15, -0.1) is 0 Å². The van der Waals surface area contributed by atoms with Crippen LogP contribution in [0.4, 0.5) is 0 Å². The summed E-state index contributed by atoms with van der Waals surface area (Å²) in [5.41, 5.74) is 2.64. The fraction of sp³-hybridized carbons (Fsp3) is 0.714. The molecule has 0 aromatic carbocycles. The van der Waals surface area contributed by atoms with Crippen molar-refractivity contribution in [2.75, 3.05) is 41.3 Å². The number of nitrogens with zero attached hydrogens (tertiary/aromatic N) is 2. The van der Waals surface area contributed by atoms with Crippen LogP contribution in [0, 0.1) is 0 Å². The summed E-state index contributed by atoms with van der Waals surface area (Å²) in [7, 11) is 8.56. The summed E-state index contributed by atoms with van der Waals surface area (Å²) < 4.78 is 0. The maximum Gasteiger partial charge on any atom is 0.0485 e. The Balaban J connectivity index is 2.05. The Bertz CT molecular complexity index is 344. The molecule has 0 radical (unpaired) electrons. The Morgan fingerprint density at radius 2 is 2.00 bits per heavy atom. The molecule has 1 fully saturated rings. The van der Waals surface area contributed by atoms with Crippen LogP contribution < -0.4 is 10.6 Å². The van der Waals surface area contributed by atoms with Crippen LogP contribution >= 0.6 is 0 Å². The maximum atomic E-state index is 3.63. The van der Waals surface area contributed by atoms with E-state index in [9.17, 15) is 0 Å². The van der Waals surface area contributed by atoms with Gasteiger partial charge in [-0.1, -0.05) is 0 Å². The average molecular weight is 250 g/mol. The number of hydrogen-bond acceptors (Lipinski definition) is 4. The molecule has 2 rings (SSSR count). The lowest BCUT2D eigenvalue weighted by Crippen LogP contribution is -2.49. The van der Waals surface area contributed by atoms with Crippen molar-refractivity contribution in [3.63, 3.8) is 0 Å². The molecule has 2 aliphatic heterocycles. The van der Waals surface area contributed by atoms with Crippen LogP contribution in [0.25, 0.3) is 0 Å². The second-order valence-electron chi connectivity index (χ2n) is 5.65. The van der Waals surface area contributed by atoms with Crippen LogP contribution in [0.2, 0.25) is 0 Å². The largest absolute Gasteiger partial charge is 0.383 e. The van der Waals surface area contributed by atoms with Crippen molar-refractivity contribution >= 4 is 0 Å². The summed E-state index contributed by atoms with van der Waals surface area (Å²) in [6.07, 6.45) is 6.94. The van der Waals surface area contributed by atoms with Gasteiger partial charge in [-0.25, -0.2) is 0 Å². The Morgan fingerprint density at radius 3 is 2.67 bits per heavy atom. The van der Waals surface area contributed by atoms with Gasteiger partial charge in [0.1, 0.15) is 0 Å². The smallest absolute Gasteiger partial charge is 0.0485 e. The highest BCUT2D eigenvalue weighted by atomic mass is 15.1. The molecule has 18 heavy (non-hydrogen) atoms. The van der Waals surface area contributed by atoms with E-state index < -0.39 is 0 Å². The predicted octanol–water partition coefficient (Wildman–Crippen LogP) is 0.601. The van der Waals surface area contributed by atoms with Gasteiger partial charge in [0, 0.05) is 44.1 Å². The SMILES string of the molecule is CN(C)C1=CCNC(C2CC(N(C)C)CCN2)=C1. The molecule has 4 heteroatoms. The summed E-state index contributed by atoms with van der Waals surface area (Å²) in [5.74, 6) is 0. The van der Waals surface area contributed by atoms with Crippen LogP contribution in [-0.2, 0) is 0 Å². The third kappa shape index (κ3) is 3.06. The van der Waals surface area contributed by atoms with E-state index in [4.69, 9.17) is 0 Å². The topological polar surface area (TPSA) is 30.5 Å². The monoisotopic (exact) mass is 250 g/mol. The van der Waals surface area contributed by atoms with Gasteiger partial charge < -0.3 is 20.4 Å². The third-order valence-corrected chi connectivity index (χ3v) is 3.92. The number of allylic oxidation sites excluding steroid dienone is 1. The van der Waals surface area contributed by atoms with Gasteiger partial charge in [0.05, 0.1) is 0 Å². The number of piperidine rings is 1. The molecule has 4 nitrogen and oxygen atoms in total. The summed E-state index contributed by atoms with van der Waals surface area (Å²) in [5, 5.41) is 7.14. The van der Waals surface area contributed by atoms with Crippen molar-refractivity contribution in [1.82, 2.24) is 20.4 Å². The zero-order valence-corrected chi connectivity index (χ0v) is 12.0. The van der Waals surface area contributed by atoms with Crippen LogP contribution in [0.3, 0.4) is 0 Å². The van der Waals surface area contributed by atoms with E-state index in [1.165, 1.54) is 24.2 Å². The van der Waals surface area contributed by atoms with Gasteiger partial charge in [-0.05, 0) is 45.6 Å². The molecular formula is C14H26N4. The molecule has 102 valence electrons. The van der Waals surface area contributed by atoms with E-state index in [0.717, 1.165) is 13.1 Å². The molecule has 0 spiro atoms. The minimum Gasteiger partial charge on any atom is -0.383 e. The number of hydrogen-bond donors (Lipinski definition) is 2. The highest BCUT2D eigenvalue weighted by Crippen LogP contribution is 2.20. The van der Waals surface area contributed by atoms with Crippen LogP contribution in [0.1, 0.15) is 12.8 Å². The van der Waals surface area contributed by atoms with Crippen LogP contribution in [-0.4, -0.2) is 63.2 Å². The fourth-order valence-corrected chi connectivity index (χ4v) is 2.68. The zero-order valence-electron chi connectivity index (χ0n) is 12.0. The Hall–Kier alpha value is -1.00. The van der Waals surface area contributed by atoms with Crippen molar-refractivity contribution in [1.29, 1.82) is 0 Å². The van der Waals surface area contributed by atoms with Crippen LogP contribution in [0.5, 0.6) is 0 Å². The molecule has 2 unspecified atom stereocenters. The Labute approximate surface area is 111 Å². The first-order chi connectivity index (χ1) is 8.58. The molecule has 0 bridgehead atoms. The first-order valence-corrected chi connectivity index (χ1v) is 6.80. The summed E-state index contributed by atoms with van der Waals surface area (Å²) in [6, 6.07) is 1.16. The molecule has 0 aromatic heterocycles. The molecule has 2 N–H and O–H groups in total. The van der Waals surface area contributed by atoms with Gasteiger partial charge in [-0.2, -0.15) is 0 Å². The number of nitrogens with one attached hydrogen (secondary N) is 2. The number of rotatable bonds is 3. The van der Waals surface area contributed by atoms with Gasteiger partial charge in [0.2, 0.25) is 0 Å². The minimum absolute atomic E-state index is 0.467. The second kappa shape index (κ2) is 5.76. The van der Waals surface area contributed by atoms with Crippen molar-refractivity contribution in [2.24, 2.45) is 0 Å². The number of likely N-dealkylation sites (N-methyl/N-ethyl adjacent to an activating group) is 1. The van der Waals surface area contributed by atoms with Gasteiger partial charge >= 0.3 is 0 Å². The highest BCUT2D eigenvalue weighted by Gasteiger charge is 2.26. The lowest BCUT2D eigenvalue weighted by Gasteiger charge is -2.36. The molecular weight excluding hydrogens is 224 g/mol. The molecule has 2 heterocycles. The molecule has 0 saturated carbocycles. The van der Waals surface area contributed by atoms with Gasteiger partial charge in [-0.3, -0.25) is 0 Å². The highest BCUT2D eigenvalue weighted by molar-refractivity contribution is 5.29. The fourth-order valence-electron chi connectivity index (χ4n) is 2.68. The molecule has 0 aliphatic carbocycles. The van der Waals surface area contributed by atoms with Gasteiger partial charge in [0.15, 0.2) is 0 Å². The molecule has 2 aliphatic rings. The normalized spacial score (nSPS) is 28.5. The Kier molecular flexibility index (Phi) is 4.30. The maximum absolute atomic E-state index is 3.63. The van der Waals surface area contributed by atoms with Gasteiger partial charge in [0.25, 0.3) is 0 Å². The third-order valence-electron chi connectivity index (χ3n) is 3.92.